The first-order valence-corrected chi connectivity index (χ1v) is 12.2. The molecule has 0 amide bonds. The van der Waals surface area contributed by atoms with Crippen LogP contribution in [-0.4, -0.2) is 29.8 Å². The largest absolute Gasteiger partial charge is 0.493 e. The van der Waals surface area contributed by atoms with Crippen LogP contribution >= 0.6 is 27.7 Å². The van der Waals surface area contributed by atoms with E-state index in [-0.39, 0.29) is 12.0 Å². The molecule has 2 aromatic rings. The van der Waals surface area contributed by atoms with Crippen LogP contribution in [-0.2, 0) is 16.1 Å². The van der Waals surface area contributed by atoms with Gasteiger partial charge in [0.1, 0.15) is 6.61 Å². The number of amidine groups is 1. The normalized spacial score (nSPS) is 17.1. The number of benzene rings is 2. The zero-order valence-electron chi connectivity index (χ0n) is 18.9. The number of thioether (sulfide) groups is 1. The molecule has 0 aliphatic carbocycles. The van der Waals surface area contributed by atoms with E-state index in [0.29, 0.717) is 36.0 Å². The Labute approximate surface area is 206 Å². The Hall–Kier alpha value is -2.71. The van der Waals surface area contributed by atoms with Gasteiger partial charge in [0.05, 0.1) is 35.5 Å². The molecule has 8 heteroatoms. The number of carbonyl (C=O) groups is 1. The fraction of sp³-hybridized carbons (Fsp3) is 0.280. The number of fused-ring (bicyclic) bond motifs is 1. The molecule has 33 heavy (non-hydrogen) atoms. The first-order chi connectivity index (χ1) is 15.9. The van der Waals surface area contributed by atoms with E-state index >= 15 is 0 Å². The summed E-state index contributed by atoms with van der Waals surface area (Å²) in [5.41, 5.74) is 4.29. The van der Waals surface area contributed by atoms with Crippen molar-refractivity contribution in [2.45, 2.75) is 33.4 Å². The van der Waals surface area contributed by atoms with Gasteiger partial charge in [-0.25, -0.2) is 9.79 Å². The van der Waals surface area contributed by atoms with Crippen molar-refractivity contribution in [2.24, 2.45) is 4.99 Å². The third kappa shape index (κ3) is 4.82. The lowest BCUT2D eigenvalue weighted by Gasteiger charge is -2.33. The van der Waals surface area contributed by atoms with Crippen LogP contribution in [0.5, 0.6) is 11.5 Å². The predicted molar refractivity (Wildman–Crippen MR) is 134 cm³/mol. The molecule has 0 spiro atoms. The van der Waals surface area contributed by atoms with E-state index < -0.39 is 0 Å². The lowest BCUT2D eigenvalue weighted by atomic mass is 9.94. The Balaban J connectivity index is 1.70. The van der Waals surface area contributed by atoms with Crippen LogP contribution in [0.15, 0.2) is 68.7 Å². The standard InChI is InChI=1S/C25H25BrN2O4S/c1-5-31-24(29)21-16(3)27-25-28(10-11-33-25)22(21)18-12-19(26)23(20(13-18)30-4)32-14-17-8-6-15(2)7-9-17/h6-13,22H,5,14H2,1-4H3/t22-/m0/s1. The number of rotatable bonds is 7. The lowest BCUT2D eigenvalue weighted by Crippen LogP contribution is -2.34. The van der Waals surface area contributed by atoms with Gasteiger partial charge in [0.25, 0.3) is 0 Å². The minimum absolute atomic E-state index is 0.294. The van der Waals surface area contributed by atoms with E-state index in [0.717, 1.165) is 20.8 Å². The smallest absolute Gasteiger partial charge is 0.338 e. The number of hydrogen-bond donors (Lipinski definition) is 0. The maximum atomic E-state index is 12.9. The van der Waals surface area contributed by atoms with E-state index in [1.165, 1.54) is 17.3 Å². The van der Waals surface area contributed by atoms with E-state index in [9.17, 15) is 4.79 Å². The summed E-state index contributed by atoms with van der Waals surface area (Å²) in [6.45, 7) is 6.40. The van der Waals surface area contributed by atoms with Crippen molar-refractivity contribution in [3.63, 3.8) is 0 Å². The van der Waals surface area contributed by atoms with Crippen molar-refractivity contribution in [3.05, 3.63) is 80.4 Å². The van der Waals surface area contributed by atoms with Crippen LogP contribution in [0.1, 0.15) is 36.6 Å². The highest BCUT2D eigenvalue weighted by molar-refractivity contribution is 9.10. The SMILES string of the molecule is CCOC(=O)C1=C(C)N=C2SC=CN2[C@H]1c1cc(Br)c(OCc2ccc(C)cc2)c(OC)c1. The van der Waals surface area contributed by atoms with Crippen molar-refractivity contribution >= 4 is 38.8 Å². The summed E-state index contributed by atoms with van der Waals surface area (Å²) in [5, 5.41) is 2.78. The van der Waals surface area contributed by atoms with Gasteiger partial charge in [-0.05, 0) is 65.4 Å². The van der Waals surface area contributed by atoms with Gasteiger partial charge in [-0.1, -0.05) is 41.6 Å². The Bertz CT molecular complexity index is 1160. The van der Waals surface area contributed by atoms with E-state index in [1.807, 2.05) is 47.7 Å². The van der Waals surface area contributed by atoms with Crippen molar-refractivity contribution in [3.8, 4) is 11.5 Å². The number of methoxy groups -OCH3 is 1. The molecule has 4 rings (SSSR count). The molecule has 0 radical (unpaired) electrons. The molecule has 2 heterocycles. The second kappa shape index (κ2) is 10.1. The van der Waals surface area contributed by atoms with Crippen LogP contribution in [0.2, 0.25) is 0 Å². The molecular weight excluding hydrogens is 504 g/mol. The Kier molecular flexibility index (Phi) is 7.14. The summed E-state index contributed by atoms with van der Waals surface area (Å²) < 4.78 is 17.9. The summed E-state index contributed by atoms with van der Waals surface area (Å²) in [6, 6.07) is 11.7. The van der Waals surface area contributed by atoms with Crippen molar-refractivity contribution < 1.29 is 19.0 Å². The molecule has 0 aromatic heterocycles. The van der Waals surface area contributed by atoms with Gasteiger partial charge >= 0.3 is 5.97 Å². The van der Waals surface area contributed by atoms with Crippen LogP contribution in [0, 0.1) is 6.92 Å². The molecule has 2 aliphatic heterocycles. The van der Waals surface area contributed by atoms with Gasteiger partial charge in [-0.3, -0.25) is 0 Å². The van der Waals surface area contributed by atoms with Crippen LogP contribution in [0.3, 0.4) is 0 Å². The molecule has 6 nitrogen and oxygen atoms in total. The average molecular weight is 529 g/mol. The number of halogens is 1. The van der Waals surface area contributed by atoms with Crippen LogP contribution in [0.25, 0.3) is 0 Å². The second-order valence-corrected chi connectivity index (χ2v) is 9.36. The van der Waals surface area contributed by atoms with E-state index in [4.69, 9.17) is 14.2 Å². The third-order valence-corrected chi connectivity index (χ3v) is 6.75. The summed E-state index contributed by atoms with van der Waals surface area (Å²) in [4.78, 5) is 19.5. The van der Waals surface area contributed by atoms with Gasteiger partial charge in [0, 0.05) is 6.20 Å². The van der Waals surface area contributed by atoms with E-state index in [1.54, 1.807) is 14.0 Å². The van der Waals surface area contributed by atoms with Gasteiger partial charge in [0.2, 0.25) is 0 Å². The van der Waals surface area contributed by atoms with Crippen LogP contribution < -0.4 is 9.47 Å². The molecule has 0 unspecified atom stereocenters. The van der Waals surface area contributed by atoms with Gasteiger partial charge in [-0.15, -0.1) is 0 Å². The van der Waals surface area contributed by atoms with E-state index in [2.05, 4.69) is 40.0 Å². The maximum Gasteiger partial charge on any atom is 0.338 e. The zero-order valence-corrected chi connectivity index (χ0v) is 21.3. The molecule has 2 aromatic carbocycles. The minimum atomic E-state index is -0.390. The quantitative estimate of drug-likeness (QED) is 0.404. The lowest BCUT2D eigenvalue weighted by molar-refractivity contribution is -0.139. The fourth-order valence-corrected chi connectivity index (χ4v) is 5.14. The molecule has 0 saturated heterocycles. The van der Waals surface area contributed by atoms with Gasteiger partial charge in [-0.2, -0.15) is 0 Å². The van der Waals surface area contributed by atoms with Crippen molar-refractivity contribution in [2.75, 3.05) is 13.7 Å². The Morgan fingerprint density at radius 1 is 1.21 bits per heavy atom. The summed E-state index contributed by atoms with van der Waals surface area (Å²) in [5.74, 6) is 0.811. The Morgan fingerprint density at radius 3 is 2.67 bits per heavy atom. The first kappa shape index (κ1) is 23.4. The number of aliphatic imine (C=N–C) groups is 1. The number of ether oxygens (including phenoxy) is 3. The summed E-state index contributed by atoms with van der Waals surface area (Å²) in [7, 11) is 1.61. The number of hydrogen-bond acceptors (Lipinski definition) is 7. The van der Waals surface area contributed by atoms with Crippen molar-refractivity contribution in [1.29, 1.82) is 0 Å². The second-order valence-electron chi connectivity index (χ2n) is 7.64. The predicted octanol–water partition coefficient (Wildman–Crippen LogP) is 6.11. The number of nitrogens with zero attached hydrogens (tertiary/aromatic N) is 2. The highest BCUT2D eigenvalue weighted by atomic mass is 79.9. The minimum Gasteiger partial charge on any atom is -0.493 e. The number of carbonyl (C=O) groups excluding carboxylic acids is 1. The molecule has 0 N–H and O–H groups in total. The molecule has 2 aliphatic rings. The summed E-state index contributed by atoms with van der Waals surface area (Å²) >= 11 is 5.18. The highest BCUT2D eigenvalue weighted by Gasteiger charge is 2.38. The van der Waals surface area contributed by atoms with Gasteiger partial charge in [0.15, 0.2) is 16.7 Å². The molecule has 0 saturated carbocycles. The topological polar surface area (TPSA) is 60.4 Å². The first-order valence-electron chi connectivity index (χ1n) is 10.6. The highest BCUT2D eigenvalue weighted by Crippen LogP contribution is 2.45. The molecule has 0 fully saturated rings. The number of aryl methyl sites for hydroxylation is 1. The molecular formula is C25H25BrN2O4S. The third-order valence-electron chi connectivity index (χ3n) is 5.39. The molecule has 1 atom stereocenters. The molecule has 0 bridgehead atoms. The van der Waals surface area contributed by atoms with Crippen LogP contribution in [0.4, 0.5) is 0 Å². The zero-order chi connectivity index (χ0) is 23.5. The Morgan fingerprint density at radius 2 is 1.97 bits per heavy atom. The average Bonchev–Trinajstić information content (AvgIpc) is 3.26. The monoisotopic (exact) mass is 528 g/mol. The number of esters is 1. The maximum absolute atomic E-state index is 12.9. The molecule has 172 valence electrons. The van der Waals surface area contributed by atoms with Crippen molar-refractivity contribution in [1.82, 2.24) is 4.90 Å². The van der Waals surface area contributed by atoms with Gasteiger partial charge < -0.3 is 19.1 Å². The fourth-order valence-electron chi connectivity index (χ4n) is 3.78. The summed E-state index contributed by atoms with van der Waals surface area (Å²) in [6.07, 6.45) is 1.93. The number of allylic oxidation sites excluding steroid dienone is 1.